The molecule has 1 N–H and O–H groups in total. The standard InChI is InChI=1S/C14H16Br2N2O5/c1-6-5-18(14(21)17-12(6)20)13-11(22-8(3)19)7(2)9(23-13)4-10(15)16/h4-5,7,9,11,13H,1-3H3,(H,17,20,21)/t7-,9-,11-,13-/m1/s1. The van der Waals surface area contributed by atoms with Crippen molar-refractivity contribution in [3.8, 4) is 0 Å². The number of rotatable bonds is 3. The van der Waals surface area contributed by atoms with E-state index in [4.69, 9.17) is 9.47 Å². The number of nitrogens with zero attached hydrogens (tertiary/aromatic N) is 1. The largest absolute Gasteiger partial charge is 0.457 e. The van der Waals surface area contributed by atoms with Gasteiger partial charge in [0.15, 0.2) is 12.3 Å². The number of aromatic nitrogens is 2. The smallest absolute Gasteiger partial charge is 0.330 e. The van der Waals surface area contributed by atoms with Gasteiger partial charge in [0.25, 0.3) is 5.56 Å². The summed E-state index contributed by atoms with van der Waals surface area (Å²) in [5, 5.41) is 0. The van der Waals surface area contributed by atoms with Crippen LogP contribution in [0.25, 0.3) is 0 Å². The van der Waals surface area contributed by atoms with Crippen LogP contribution in [0.1, 0.15) is 25.6 Å². The molecule has 1 aromatic rings. The Morgan fingerprint density at radius 3 is 2.65 bits per heavy atom. The molecule has 1 aromatic heterocycles. The Kier molecular flexibility index (Phi) is 5.64. The van der Waals surface area contributed by atoms with E-state index < -0.39 is 29.6 Å². The quantitative estimate of drug-likeness (QED) is 0.709. The maximum atomic E-state index is 12.1. The molecule has 0 aromatic carbocycles. The first-order valence-corrected chi connectivity index (χ1v) is 8.47. The van der Waals surface area contributed by atoms with Crippen LogP contribution in [0, 0.1) is 12.8 Å². The Morgan fingerprint density at radius 2 is 2.09 bits per heavy atom. The van der Waals surface area contributed by atoms with Crippen molar-refractivity contribution in [2.24, 2.45) is 5.92 Å². The van der Waals surface area contributed by atoms with Gasteiger partial charge in [-0.1, -0.05) is 6.92 Å². The summed E-state index contributed by atoms with van der Waals surface area (Å²) in [5.41, 5.74) is -0.707. The third-order valence-corrected chi connectivity index (χ3v) is 4.16. The fraction of sp³-hybridized carbons (Fsp3) is 0.500. The van der Waals surface area contributed by atoms with Gasteiger partial charge in [0.2, 0.25) is 0 Å². The highest BCUT2D eigenvalue weighted by Crippen LogP contribution is 2.37. The molecule has 0 unspecified atom stereocenters. The minimum Gasteiger partial charge on any atom is -0.457 e. The normalized spacial score (nSPS) is 26.8. The minimum atomic E-state index is -0.822. The highest BCUT2D eigenvalue weighted by molar-refractivity contribution is 9.28. The third kappa shape index (κ3) is 4.02. The van der Waals surface area contributed by atoms with Gasteiger partial charge in [-0.2, -0.15) is 0 Å². The van der Waals surface area contributed by atoms with E-state index in [1.807, 2.05) is 6.92 Å². The van der Waals surface area contributed by atoms with Crippen molar-refractivity contribution >= 4 is 37.8 Å². The second-order valence-corrected chi connectivity index (χ2v) is 8.13. The van der Waals surface area contributed by atoms with Crippen LogP contribution in [-0.4, -0.2) is 27.7 Å². The Morgan fingerprint density at radius 1 is 1.43 bits per heavy atom. The molecule has 0 aliphatic carbocycles. The first-order chi connectivity index (χ1) is 10.7. The summed E-state index contributed by atoms with van der Waals surface area (Å²) in [6.45, 7) is 4.75. The van der Waals surface area contributed by atoms with Crippen LogP contribution in [0.15, 0.2) is 25.3 Å². The lowest BCUT2D eigenvalue weighted by Gasteiger charge is -2.22. The lowest BCUT2D eigenvalue weighted by Crippen LogP contribution is -2.38. The minimum absolute atomic E-state index is 0.187. The zero-order chi connectivity index (χ0) is 17.3. The van der Waals surface area contributed by atoms with Crippen LogP contribution in [0.4, 0.5) is 0 Å². The van der Waals surface area contributed by atoms with E-state index in [-0.39, 0.29) is 12.0 Å². The van der Waals surface area contributed by atoms with E-state index in [0.717, 1.165) is 0 Å². The fourth-order valence-electron chi connectivity index (χ4n) is 2.48. The molecular weight excluding hydrogens is 436 g/mol. The van der Waals surface area contributed by atoms with E-state index in [0.29, 0.717) is 8.96 Å². The molecule has 7 nitrogen and oxygen atoms in total. The molecule has 2 heterocycles. The van der Waals surface area contributed by atoms with Crippen molar-refractivity contribution in [2.75, 3.05) is 0 Å². The fourth-order valence-corrected chi connectivity index (χ4v) is 3.00. The number of hydrogen-bond donors (Lipinski definition) is 1. The first-order valence-electron chi connectivity index (χ1n) is 6.88. The molecule has 0 bridgehead atoms. The van der Waals surface area contributed by atoms with Crippen LogP contribution in [0.3, 0.4) is 0 Å². The number of carbonyl (C=O) groups is 1. The first kappa shape index (κ1) is 18.2. The van der Waals surface area contributed by atoms with E-state index >= 15 is 0 Å². The summed E-state index contributed by atoms with van der Waals surface area (Å²) < 4.78 is 13.2. The highest BCUT2D eigenvalue weighted by Gasteiger charge is 2.44. The summed E-state index contributed by atoms with van der Waals surface area (Å²) in [4.78, 5) is 37.2. The number of aromatic amines is 1. The van der Waals surface area contributed by atoms with Crippen LogP contribution in [0.2, 0.25) is 0 Å². The average Bonchev–Trinajstić information content (AvgIpc) is 2.71. The molecule has 1 aliphatic heterocycles. The summed E-state index contributed by atoms with van der Waals surface area (Å²) in [6.07, 6.45) is 1.32. The highest BCUT2D eigenvalue weighted by atomic mass is 79.9. The lowest BCUT2D eigenvalue weighted by atomic mass is 10.0. The number of esters is 1. The number of ether oxygens (including phenoxy) is 2. The Bertz CT molecular complexity index is 750. The van der Waals surface area contributed by atoms with Gasteiger partial charge in [-0.05, 0) is 44.9 Å². The van der Waals surface area contributed by atoms with Gasteiger partial charge in [-0.25, -0.2) is 4.79 Å². The predicted octanol–water partition coefficient (Wildman–Crippen LogP) is 1.94. The summed E-state index contributed by atoms with van der Waals surface area (Å²) in [7, 11) is 0. The molecule has 0 amide bonds. The molecular formula is C14H16Br2N2O5. The maximum Gasteiger partial charge on any atom is 0.330 e. The molecule has 2 rings (SSSR count). The van der Waals surface area contributed by atoms with Crippen molar-refractivity contribution in [2.45, 2.75) is 39.2 Å². The molecule has 1 fully saturated rings. The topological polar surface area (TPSA) is 90.4 Å². The van der Waals surface area contributed by atoms with Gasteiger partial charge in [0.05, 0.1) is 9.50 Å². The van der Waals surface area contributed by atoms with Gasteiger partial charge in [0.1, 0.15) is 0 Å². The number of aryl methyl sites for hydroxylation is 1. The van der Waals surface area contributed by atoms with Crippen molar-refractivity contribution in [1.82, 2.24) is 9.55 Å². The van der Waals surface area contributed by atoms with Crippen LogP contribution in [0.5, 0.6) is 0 Å². The molecule has 23 heavy (non-hydrogen) atoms. The van der Waals surface area contributed by atoms with Gasteiger partial charge >= 0.3 is 11.7 Å². The van der Waals surface area contributed by atoms with E-state index in [9.17, 15) is 14.4 Å². The zero-order valence-electron chi connectivity index (χ0n) is 12.7. The van der Waals surface area contributed by atoms with Crippen molar-refractivity contribution in [3.05, 3.63) is 42.1 Å². The lowest BCUT2D eigenvalue weighted by molar-refractivity contribution is -0.153. The van der Waals surface area contributed by atoms with E-state index in [1.165, 1.54) is 17.7 Å². The second kappa shape index (κ2) is 7.14. The van der Waals surface area contributed by atoms with Crippen molar-refractivity contribution in [1.29, 1.82) is 0 Å². The number of H-pyrrole nitrogens is 1. The molecule has 9 heteroatoms. The van der Waals surface area contributed by atoms with E-state index in [1.54, 1.807) is 13.0 Å². The van der Waals surface area contributed by atoms with E-state index in [2.05, 4.69) is 36.8 Å². The molecule has 126 valence electrons. The van der Waals surface area contributed by atoms with Gasteiger partial charge in [0, 0.05) is 24.6 Å². The number of carbonyl (C=O) groups excluding carboxylic acids is 1. The average molecular weight is 452 g/mol. The van der Waals surface area contributed by atoms with Gasteiger partial charge in [-0.15, -0.1) is 0 Å². The summed E-state index contributed by atoms with van der Waals surface area (Å²) in [5.74, 6) is -0.652. The SMILES string of the molecule is CC(=O)O[C@@H]1[C@H](C)[C@@H](C=C(Br)Br)O[C@H]1n1cc(C)c(=O)[nH]c1=O. The zero-order valence-corrected chi connectivity index (χ0v) is 15.9. The second-order valence-electron chi connectivity index (χ2n) is 5.36. The van der Waals surface area contributed by atoms with Crippen molar-refractivity contribution < 1.29 is 14.3 Å². The third-order valence-electron chi connectivity index (χ3n) is 3.63. The van der Waals surface area contributed by atoms with Crippen molar-refractivity contribution in [3.63, 3.8) is 0 Å². The molecule has 1 aliphatic rings. The predicted molar refractivity (Wildman–Crippen MR) is 90.6 cm³/mol. The maximum absolute atomic E-state index is 12.1. The van der Waals surface area contributed by atoms with Gasteiger partial charge in [-0.3, -0.25) is 19.1 Å². The Hall–Kier alpha value is -1.19. The Balaban J connectivity index is 2.47. The molecule has 0 radical (unpaired) electrons. The number of halogens is 2. The van der Waals surface area contributed by atoms with Crippen LogP contribution in [-0.2, 0) is 14.3 Å². The monoisotopic (exact) mass is 450 g/mol. The van der Waals surface area contributed by atoms with Crippen LogP contribution >= 0.6 is 31.9 Å². The summed E-state index contributed by atoms with van der Waals surface area (Å²) in [6, 6.07) is 0. The summed E-state index contributed by atoms with van der Waals surface area (Å²) >= 11 is 6.54. The van der Waals surface area contributed by atoms with Crippen LogP contribution < -0.4 is 11.2 Å². The van der Waals surface area contributed by atoms with Gasteiger partial charge < -0.3 is 9.47 Å². The molecule has 0 saturated carbocycles. The number of nitrogens with one attached hydrogen (secondary N) is 1. The molecule has 1 saturated heterocycles. The molecule has 4 atom stereocenters. The molecule has 0 spiro atoms. The number of hydrogen-bond acceptors (Lipinski definition) is 5. The Labute approximate surface area is 148 Å².